The van der Waals surface area contributed by atoms with E-state index < -0.39 is 212 Å². The SMILES string of the molecule is C=C1N=C(N)C=CN1[C@@H]1O[C@@](CO)(CCl)[C@@H](OC(=O)C(C)C)[C@H]1F.C=C1N=C(N)C=CN1[C@@H]1O[C@@](CO)(CCl)[C@@H](OC(=O)CC)[C@H]1F.C=C1N=C(N)C=CN1[C@@H]1O[C@](CCl)(COC(=O)C(C)C)[C@@H](O)[C@H]1F.C=C1N=C(N)C=CN1[C@@H]1O[C@](CCl)(COC(=O)CCCCC)[C@@H](OC(=O)CCCCC)[C@H]1F.Cc1ccn([C@@H]2O[C@](CN=[N+]=[N-])(COC(=O)C(C)C)[C@@H](OC(=O)C(C)C)[C@H]2F)c(=O)n1. The summed E-state index contributed by atoms with van der Waals surface area (Å²) in [6.45, 7) is 32.0. The molecule has 0 radical (unpaired) electrons. The topological polar surface area (TPSA) is 541 Å². The molecule has 0 aliphatic carbocycles. The van der Waals surface area contributed by atoms with Crippen LogP contribution in [0.15, 0.2) is 141 Å². The molecule has 10 heterocycles. The maximum Gasteiger partial charge on any atom is 0.349 e. The van der Waals surface area contributed by atoms with Crippen LogP contribution in [0.3, 0.4) is 0 Å². The zero-order valence-electron chi connectivity index (χ0n) is 77.0. The normalized spacial score (nSPS) is 29.9. The number of aryl methyl sites for hydroxylation is 1. The molecular formula is C86H122Cl4F5N17O23. The molecule has 0 bridgehead atoms. The molecule has 40 nitrogen and oxygen atoms in total. The second kappa shape index (κ2) is 51.4. The average molecular weight is 2000 g/mol. The van der Waals surface area contributed by atoms with Gasteiger partial charge in [-0.3, -0.25) is 38.1 Å². The second-order valence-electron chi connectivity index (χ2n) is 33.5. The summed E-state index contributed by atoms with van der Waals surface area (Å²) in [5.74, 6) is -5.43. The molecule has 752 valence electrons. The number of nitrogens with zero attached hydrogens (tertiary/aromatic N) is 13. The quantitative estimate of drug-likeness (QED) is 0.00483. The second-order valence-corrected chi connectivity index (χ2v) is 34.6. The first-order chi connectivity index (χ1) is 63.6. The molecule has 0 aromatic carbocycles. The van der Waals surface area contributed by atoms with Gasteiger partial charge in [-0.15, -0.1) is 46.4 Å². The molecule has 0 saturated carbocycles. The molecule has 0 unspecified atom stereocenters. The number of ether oxygens (including phenoxy) is 12. The molecule has 9 aliphatic heterocycles. The van der Waals surface area contributed by atoms with Crippen LogP contribution in [0.2, 0.25) is 0 Å². The predicted octanol–water partition coefficient (Wildman–Crippen LogP) is 8.55. The third kappa shape index (κ3) is 28.4. The number of azide groups is 1. The Hall–Kier alpha value is -10.0. The summed E-state index contributed by atoms with van der Waals surface area (Å²) in [5, 5.41) is 33.1. The van der Waals surface area contributed by atoms with Gasteiger partial charge < -0.3 is 115 Å². The van der Waals surface area contributed by atoms with Gasteiger partial charge in [-0.25, -0.2) is 46.7 Å². The van der Waals surface area contributed by atoms with E-state index in [0.717, 1.165) is 30.3 Å². The summed E-state index contributed by atoms with van der Waals surface area (Å²) in [7, 11) is 0. The molecule has 1 aromatic heterocycles. The number of esters is 7. The minimum Gasteiger partial charge on any atom is -0.462 e. The molecule has 20 atom stereocenters. The lowest BCUT2D eigenvalue weighted by molar-refractivity contribution is -0.180. The van der Waals surface area contributed by atoms with Crippen molar-refractivity contribution in [1.29, 1.82) is 0 Å². The van der Waals surface area contributed by atoms with Gasteiger partial charge in [0.15, 0.2) is 97.6 Å². The van der Waals surface area contributed by atoms with Crippen LogP contribution in [0.25, 0.3) is 10.4 Å². The standard InChI is InChI=1S/C23H35ClFN3O5.C19H26FN5O6.2C15H21ClFN3O4.C14H19ClFN3O4/c1-4-6-8-10-18(29)31-15-23(14-24)21(32-19(30)11-9-7-5-2)20(25)22(33-23)28-13-12-17(26)27-16(28)3;1-10(2)16(26)29-9-19(8-22-24-21)14(30-17(27)11(3)4)13(20)15(31-19)25-7-6-12(5)23-18(25)28;1-8(2)14(22)23-7-15(6-16)12(21)11(17)13(24-15)20-5-4-10(18)19-9(20)3;1-8(2)14(22)23-12-11(17)13(24-15(12,6-16)7-21)20-5-4-10(18)19-9(20)3;1-3-10(21)22-12-11(16)13(23-14(12,6-15)7-20)19-5-4-9(17)18-8(19)2/h12-13,20-22H,3-11,14-15H2,1-2H3,(H2,26,27);6-7,10-11,13-15H,8-9H2,1-5H3;2*4-5,8,11-13,21H,3,6-7H2,1-2H3,(H2,18,19);4-5,11-13,20H,2-3,6-7H2,1H3,(H2,17,18)/t20-,21+,22-,23-;13-,14+,15-,19-;2*11-,12+,13-,15-;11-,12+,13-,14-/m11111/s1. The molecule has 9 aliphatic rings. The maximum atomic E-state index is 15.7. The number of alkyl halides is 9. The lowest BCUT2D eigenvalue weighted by atomic mass is 9.96. The van der Waals surface area contributed by atoms with Crippen LogP contribution in [-0.4, -0.2) is 287 Å². The number of carbonyl (C=O) groups is 7. The number of hydrogen-bond donors (Lipinski definition) is 7. The number of carbonyl (C=O) groups excluding carboxylic acids is 7. The molecule has 135 heavy (non-hydrogen) atoms. The van der Waals surface area contributed by atoms with Crippen molar-refractivity contribution in [3.8, 4) is 0 Å². The molecule has 1 aromatic rings. The van der Waals surface area contributed by atoms with Crippen molar-refractivity contribution >= 4 is 112 Å². The first-order valence-corrected chi connectivity index (χ1v) is 45.4. The Kier molecular flexibility index (Phi) is 43.3. The number of hydrogen-bond acceptors (Lipinski definition) is 37. The van der Waals surface area contributed by atoms with E-state index in [-0.39, 0.29) is 109 Å². The minimum atomic E-state index is -2.03. The highest BCUT2D eigenvalue weighted by atomic mass is 35.5. The molecule has 0 amide bonds. The van der Waals surface area contributed by atoms with E-state index in [0.29, 0.717) is 18.5 Å². The van der Waals surface area contributed by atoms with Gasteiger partial charge in [-0.05, 0) is 55.7 Å². The average Bonchev–Trinajstić information content (AvgIpc) is 1.67. The van der Waals surface area contributed by atoms with E-state index in [1.54, 1.807) is 69.2 Å². The van der Waals surface area contributed by atoms with Crippen LogP contribution in [0.1, 0.15) is 146 Å². The maximum absolute atomic E-state index is 15.7. The smallest absolute Gasteiger partial charge is 0.349 e. The van der Waals surface area contributed by atoms with Crippen LogP contribution in [-0.2, 0) is 90.4 Å². The molecule has 5 fully saturated rings. The largest absolute Gasteiger partial charge is 0.462 e. The lowest BCUT2D eigenvalue weighted by Gasteiger charge is -2.32. The minimum absolute atomic E-state index is 0.0643. The van der Waals surface area contributed by atoms with E-state index >= 15 is 13.2 Å². The van der Waals surface area contributed by atoms with Crippen molar-refractivity contribution in [2.75, 3.05) is 63.1 Å². The summed E-state index contributed by atoms with van der Waals surface area (Å²) >= 11 is 23.9. The van der Waals surface area contributed by atoms with E-state index in [4.69, 9.17) is 132 Å². The van der Waals surface area contributed by atoms with Gasteiger partial charge in [0.2, 0.25) is 0 Å². The lowest BCUT2D eigenvalue weighted by Crippen LogP contribution is -2.52. The van der Waals surface area contributed by atoms with Crippen LogP contribution < -0.4 is 28.6 Å². The fraction of sp³-hybridized carbons (Fsp3) is 0.640. The molecule has 11 N–H and O–H groups in total. The van der Waals surface area contributed by atoms with Crippen LogP contribution in [0.5, 0.6) is 0 Å². The Morgan fingerprint density at radius 2 is 0.815 bits per heavy atom. The molecule has 49 heteroatoms. The van der Waals surface area contributed by atoms with Crippen LogP contribution in [0.4, 0.5) is 22.0 Å². The van der Waals surface area contributed by atoms with E-state index in [2.05, 4.69) is 61.3 Å². The van der Waals surface area contributed by atoms with E-state index in [1.165, 1.54) is 81.0 Å². The van der Waals surface area contributed by atoms with Gasteiger partial charge in [0, 0.05) is 60.9 Å². The first kappa shape index (κ1) is 114. The zero-order chi connectivity index (χ0) is 101. The Bertz CT molecular complexity index is 4710. The Labute approximate surface area is 798 Å². The highest BCUT2D eigenvalue weighted by Crippen LogP contribution is 2.46. The fourth-order valence-corrected chi connectivity index (χ4v) is 15.1. The van der Waals surface area contributed by atoms with Crippen molar-refractivity contribution in [1.82, 2.24) is 29.2 Å². The highest BCUT2D eigenvalue weighted by molar-refractivity contribution is 6.19. The Morgan fingerprint density at radius 1 is 0.489 bits per heavy atom. The third-order valence-electron chi connectivity index (χ3n) is 21.8. The summed E-state index contributed by atoms with van der Waals surface area (Å²) < 4.78 is 143. The van der Waals surface area contributed by atoms with Crippen molar-refractivity contribution in [3.05, 3.63) is 138 Å². The highest BCUT2D eigenvalue weighted by Gasteiger charge is 2.65. The number of amidine groups is 4. The van der Waals surface area contributed by atoms with Gasteiger partial charge in [0.25, 0.3) is 0 Å². The van der Waals surface area contributed by atoms with Crippen LogP contribution >= 0.6 is 46.4 Å². The number of aliphatic hydroxyl groups excluding tert-OH is 3. The summed E-state index contributed by atoms with van der Waals surface area (Å²) in [6.07, 6.45) is -4.40. The van der Waals surface area contributed by atoms with Gasteiger partial charge >= 0.3 is 47.5 Å². The Morgan fingerprint density at radius 3 is 1.17 bits per heavy atom. The number of aliphatic hydroxyl groups is 3. The molecule has 10 rings (SSSR count). The van der Waals surface area contributed by atoms with Crippen molar-refractivity contribution in [3.63, 3.8) is 0 Å². The number of rotatable bonds is 36. The van der Waals surface area contributed by atoms with E-state index in [9.17, 15) is 62.5 Å². The summed E-state index contributed by atoms with van der Waals surface area (Å²) in [4.78, 5) is 124. The zero-order valence-corrected chi connectivity index (χ0v) is 80.1. The van der Waals surface area contributed by atoms with Crippen LogP contribution in [0, 0.1) is 30.6 Å². The number of aromatic nitrogens is 2. The monoisotopic (exact) mass is 2000 g/mol. The van der Waals surface area contributed by atoms with Gasteiger partial charge in [-0.1, -0.05) is 133 Å². The number of unbranched alkanes of at least 4 members (excludes halogenated alkanes) is 4. The summed E-state index contributed by atoms with van der Waals surface area (Å²) in [6, 6.07) is 1.48. The third-order valence-corrected chi connectivity index (χ3v) is 23.6. The van der Waals surface area contributed by atoms with Gasteiger partial charge in [-0.2, -0.15) is 4.98 Å². The molecule has 5 saturated heterocycles. The summed E-state index contributed by atoms with van der Waals surface area (Å²) in [5.41, 5.74) is 22.7. The first-order valence-electron chi connectivity index (χ1n) is 43.2. The van der Waals surface area contributed by atoms with Gasteiger partial charge in [0.05, 0.1) is 67.0 Å². The van der Waals surface area contributed by atoms with Crippen molar-refractivity contribution in [2.45, 2.75) is 261 Å². The molecular weight excluding hydrogens is 1880 g/mol. The van der Waals surface area contributed by atoms with Crippen molar-refractivity contribution < 1.29 is 128 Å². The number of nitrogens with two attached hydrogens (primary N) is 4. The van der Waals surface area contributed by atoms with E-state index in [1.807, 2.05) is 13.8 Å². The van der Waals surface area contributed by atoms with Crippen molar-refractivity contribution in [2.24, 2.45) is 71.7 Å². The van der Waals surface area contributed by atoms with Gasteiger partial charge in [0.1, 0.15) is 89.4 Å². The molecule has 0 spiro atoms. The fourth-order valence-electron chi connectivity index (χ4n) is 13.9. The Balaban J connectivity index is 0.000000261. The number of aliphatic imine (C=N–C) groups is 4. The number of halogens is 9. The predicted molar refractivity (Wildman–Crippen MR) is 485 cm³/mol.